The third-order valence-corrected chi connectivity index (χ3v) is 5.83. The lowest BCUT2D eigenvalue weighted by Gasteiger charge is -2.49. The molecule has 1 N–H and O–H groups in total. The molecule has 3 heteroatoms. The van der Waals surface area contributed by atoms with Crippen molar-refractivity contribution in [2.75, 3.05) is 39.3 Å². The van der Waals surface area contributed by atoms with Crippen LogP contribution in [0.5, 0.6) is 0 Å². The van der Waals surface area contributed by atoms with Gasteiger partial charge in [-0.25, -0.2) is 0 Å². The average Bonchev–Trinajstić information content (AvgIpc) is 2.49. The van der Waals surface area contributed by atoms with E-state index in [-0.39, 0.29) is 0 Å². The molecule has 2 saturated heterocycles. The van der Waals surface area contributed by atoms with Gasteiger partial charge in [-0.1, -0.05) is 26.2 Å². The first-order chi connectivity index (χ1) is 9.81. The quantitative estimate of drug-likeness (QED) is 0.856. The van der Waals surface area contributed by atoms with Crippen LogP contribution in [0.4, 0.5) is 0 Å². The van der Waals surface area contributed by atoms with Crippen molar-refractivity contribution in [3.63, 3.8) is 0 Å². The van der Waals surface area contributed by atoms with E-state index in [4.69, 9.17) is 0 Å². The second-order valence-corrected chi connectivity index (χ2v) is 7.31. The normalized spacial score (nSPS) is 29.9. The van der Waals surface area contributed by atoms with Gasteiger partial charge in [0.25, 0.3) is 0 Å². The Balaban J connectivity index is 1.52. The Morgan fingerprint density at radius 1 is 1.05 bits per heavy atom. The highest BCUT2D eigenvalue weighted by molar-refractivity contribution is 4.98. The van der Waals surface area contributed by atoms with Gasteiger partial charge in [-0.05, 0) is 51.7 Å². The van der Waals surface area contributed by atoms with Crippen molar-refractivity contribution in [2.45, 2.75) is 69.9 Å². The number of hydrogen-bond donors (Lipinski definition) is 1. The van der Waals surface area contributed by atoms with Crippen molar-refractivity contribution >= 4 is 0 Å². The van der Waals surface area contributed by atoms with Crippen LogP contribution in [0, 0.1) is 0 Å². The molecule has 1 spiro atoms. The lowest BCUT2D eigenvalue weighted by molar-refractivity contribution is 0.0394. The van der Waals surface area contributed by atoms with E-state index in [2.05, 4.69) is 22.0 Å². The second-order valence-electron chi connectivity index (χ2n) is 7.31. The maximum Gasteiger partial charge on any atom is 0.0309 e. The molecule has 116 valence electrons. The molecule has 0 radical (unpaired) electrons. The van der Waals surface area contributed by atoms with E-state index in [1.54, 1.807) is 0 Å². The number of likely N-dealkylation sites (tertiary alicyclic amines) is 1. The Labute approximate surface area is 125 Å². The summed E-state index contributed by atoms with van der Waals surface area (Å²) in [5.41, 5.74) is 0.483. The Bertz CT molecular complexity index is 285. The molecule has 3 aliphatic rings. The fourth-order valence-electron chi connectivity index (χ4n) is 4.69. The molecule has 0 bridgehead atoms. The summed E-state index contributed by atoms with van der Waals surface area (Å²) in [4.78, 5) is 5.50. The Hall–Kier alpha value is -0.120. The molecule has 0 unspecified atom stereocenters. The minimum absolute atomic E-state index is 0.483. The molecule has 1 saturated carbocycles. The zero-order chi connectivity index (χ0) is 13.8. The summed E-state index contributed by atoms with van der Waals surface area (Å²) in [7, 11) is 0. The van der Waals surface area contributed by atoms with Crippen molar-refractivity contribution in [3.8, 4) is 0 Å². The number of piperazine rings is 1. The zero-order valence-electron chi connectivity index (χ0n) is 13.4. The Morgan fingerprint density at radius 3 is 2.50 bits per heavy atom. The molecule has 0 atom stereocenters. The van der Waals surface area contributed by atoms with Gasteiger partial charge in [0, 0.05) is 31.2 Å². The molecule has 0 aromatic rings. The number of rotatable bonds is 3. The minimum atomic E-state index is 0.483. The summed E-state index contributed by atoms with van der Waals surface area (Å²) in [5, 5.41) is 3.88. The summed E-state index contributed by atoms with van der Waals surface area (Å²) in [5.74, 6) is 0. The fourth-order valence-corrected chi connectivity index (χ4v) is 4.69. The molecule has 1 aliphatic carbocycles. The summed E-state index contributed by atoms with van der Waals surface area (Å²) >= 11 is 0. The lowest BCUT2D eigenvalue weighted by atomic mass is 9.79. The van der Waals surface area contributed by atoms with E-state index in [1.807, 2.05) is 0 Å². The maximum atomic E-state index is 3.88. The van der Waals surface area contributed by atoms with Crippen LogP contribution in [0.2, 0.25) is 0 Å². The highest BCUT2D eigenvalue weighted by atomic mass is 15.3. The van der Waals surface area contributed by atoms with Crippen LogP contribution in [0.15, 0.2) is 0 Å². The molecule has 3 rings (SSSR count). The van der Waals surface area contributed by atoms with E-state index < -0.39 is 0 Å². The minimum Gasteiger partial charge on any atom is -0.309 e. The van der Waals surface area contributed by atoms with Crippen molar-refractivity contribution < 1.29 is 0 Å². The molecular weight excluding hydrogens is 246 g/mol. The highest BCUT2D eigenvalue weighted by Gasteiger charge is 2.38. The number of hydrogen-bond acceptors (Lipinski definition) is 3. The Kier molecular flexibility index (Phi) is 5.00. The van der Waals surface area contributed by atoms with E-state index in [0.29, 0.717) is 5.54 Å². The molecule has 0 aromatic carbocycles. The molecule has 0 amide bonds. The van der Waals surface area contributed by atoms with Gasteiger partial charge < -0.3 is 10.2 Å². The Morgan fingerprint density at radius 2 is 1.80 bits per heavy atom. The van der Waals surface area contributed by atoms with E-state index in [9.17, 15) is 0 Å². The van der Waals surface area contributed by atoms with Gasteiger partial charge in [0.15, 0.2) is 0 Å². The third kappa shape index (κ3) is 3.37. The predicted octanol–water partition coefficient (Wildman–Crippen LogP) is 2.47. The standard InChI is InChI=1S/C17H33N3/c1-2-11-19-12-6-16(7-13-19)20-14-10-18-17(15-20)8-4-3-5-9-17/h16,18H,2-15H2,1H3. The van der Waals surface area contributed by atoms with Crippen LogP contribution in [0.1, 0.15) is 58.3 Å². The van der Waals surface area contributed by atoms with Crippen LogP contribution < -0.4 is 5.32 Å². The molecule has 2 heterocycles. The van der Waals surface area contributed by atoms with Gasteiger partial charge in [0.2, 0.25) is 0 Å². The number of nitrogens with zero attached hydrogens (tertiary/aromatic N) is 2. The van der Waals surface area contributed by atoms with Crippen LogP contribution in [-0.4, -0.2) is 60.6 Å². The molecular formula is C17H33N3. The first-order valence-corrected chi connectivity index (χ1v) is 9.03. The van der Waals surface area contributed by atoms with Gasteiger partial charge in [0.05, 0.1) is 0 Å². The topological polar surface area (TPSA) is 18.5 Å². The largest absolute Gasteiger partial charge is 0.309 e. The van der Waals surface area contributed by atoms with Gasteiger partial charge in [0.1, 0.15) is 0 Å². The highest BCUT2D eigenvalue weighted by Crippen LogP contribution is 2.32. The molecule has 3 nitrogen and oxygen atoms in total. The van der Waals surface area contributed by atoms with Crippen molar-refractivity contribution in [2.24, 2.45) is 0 Å². The second kappa shape index (κ2) is 6.76. The van der Waals surface area contributed by atoms with Gasteiger partial charge in [-0.2, -0.15) is 0 Å². The summed E-state index contributed by atoms with van der Waals surface area (Å²) in [6.07, 6.45) is 11.3. The van der Waals surface area contributed by atoms with E-state index >= 15 is 0 Å². The zero-order valence-corrected chi connectivity index (χ0v) is 13.4. The monoisotopic (exact) mass is 279 g/mol. The first kappa shape index (κ1) is 14.8. The molecule has 3 fully saturated rings. The third-order valence-electron chi connectivity index (χ3n) is 5.83. The summed E-state index contributed by atoms with van der Waals surface area (Å²) in [6, 6.07) is 0.865. The van der Waals surface area contributed by atoms with Gasteiger partial charge in [-0.3, -0.25) is 4.90 Å². The summed E-state index contributed by atoms with van der Waals surface area (Å²) < 4.78 is 0. The maximum absolute atomic E-state index is 3.88. The fraction of sp³-hybridized carbons (Fsp3) is 1.00. The van der Waals surface area contributed by atoms with Gasteiger partial charge in [-0.15, -0.1) is 0 Å². The van der Waals surface area contributed by atoms with Crippen molar-refractivity contribution in [1.82, 2.24) is 15.1 Å². The predicted molar refractivity (Wildman–Crippen MR) is 85.1 cm³/mol. The van der Waals surface area contributed by atoms with Crippen LogP contribution in [0.25, 0.3) is 0 Å². The average molecular weight is 279 g/mol. The lowest BCUT2D eigenvalue weighted by Crippen LogP contribution is -2.63. The molecule has 2 aliphatic heterocycles. The first-order valence-electron chi connectivity index (χ1n) is 9.03. The van der Waals surface area contributed by atoms with Crippen LogP contribution in [-0.2, 0) is 0 Å². The smallest absolute Gasteiger partial charge is 0.0309 e. The van der Waals surface area contributed by atoms with Crippen molar-refractivity contribution in [3.05, 3.63) is 0 Å². The van der Waals surface area contributed by atoms with Crippen LogP contribution >= 0.6 is 0 Å². The molecule has 0 aromatic heterocycles. The van der Waals surface area contributed by atoms with Crippen molar-refractivity contribution in [1.29, 1.82) is 0 Å². The van der Waals surface area contributed by atoms with Crippen LogP contribution in [0.3, 0.4) is 0 Å². The van der Waals surface area contributed by atoms with E-state index in [1.165, 1.54) is 90.6 Å². The SMILES string of the molecule is CCCN1CCC(N2CCNC3(CCCCC3)C2)CC1. The molecule has 20 heavy (non-hydrogen) atoms. The summed E-state index contributed by atoms with van der Waals surface area (Å²) in [6.45, 7) is 10.1. The number of nitrogens with one attached hydrogen (secondary N) is 1. The number of piperidine rings is 1. The van der Waals surface area contributed by atoms with E-state index in [0.717, 1.165) is 6.04 Å². The van der Waals surface area contributed by atoms with Gasteiger partial charge >= 0.3 is 0 Å².